The Labute approximate surface area is 327 Å². The Morgan fingerprint density at radius 2 is 0.786 bits per heavy atom. The van der Waals surface area contributed by atoms with Gasteiger partial charge in [-0.15, -0.1) is 0 Å². The lowest BCUT2D eigenvalue weighted by atomic mass is 9.78. The van der Waals surface area contributed by atoms with Gasteiger partial charge in [0.05, 0.1) is 11.2 Å². The number of hydrogen-bond acceptors (Lipinski definition) is 2. The molecule has 2 N–H and O–H groups in total. The topological polar surface area (TPSA) is 40.5 Å². The summed E-state index contributed by atoms with van der Waals surface area (Å²) in [6, 6.07) is 60.7. The first-order valence-electron chi connectivity index (χ1n) is 19.5. The summed E-state index contributed by atoms with van der Waals surface area (Å²) in [7, 11) is 0. The highest BCUT2D eigenvalue weighted by Gasteiger charge is 2.30. The van der Waals surface area contributed by atoms with Gasteiger partial charge >= 0.3 is 0 Å². The van der Waals surface area contributed by atoms with Crippen LogP contribution in [0.15, 0.2) is 170 Å². The molecule has 0 saturated heterocycles. The highest BCUT2D eigenvalue weighted by atomic mass is 16.3. The standard InChI is InChI=1S/C54H42O2/c1-53(2,55)47-32-45(39-27-24-37-23-22-35-18-13-19-36-25-28-42(39)52(37)49(35)36)48(54(3,4)56)31-44(47)38-26-29-43-46(30-38)51(34-16-9-6-10-17-34)41-21-12-11-20-40(41)50(43)33-14-7-5-8-15-33/h5-32,55-56H,1-4H3. The molecule has 10 aromatic carbocycles. The van der Waals surface area contributed by atoms with Crippen LogP contribution in [-0.2, 0) is 11.2 Å². The van der Waals surface area contributed by atoms with Gasteiger partial charge in [0.2, 0.25) is 0 Å². The van der Waals surface area contributed by atoms with Gasteiger partial charge in [0.1, 0.15) is 0 Å². The van der Waals surface area contributed by atoms with E-state index in [1.165, 1.54) is 54.4 Å². The van der Waals surface area contributed by atoms with Gasteiger partial charge in [-0.1, -0.05) is 152 Å². The third kappa shape index (κ3) is 5.40. The minimum atomic E-state index is -1.19. The Morgan fingerprint density at radius 1 is 0.321 bits per heavy atom. The van der Waals surface area contributed by atoms with Crippen LogP contribution in [0.2, 0.25) is 0 Å². The van der Waals surface area contributed by atoms with Gasteiger partial charge in [-0.25, -0.2) is 0 Å². The second-order valence-electron chi connectivity index (χ2n) is 16.3. The van der Waals surface area contributed by atoms with E-state index < -0.39 is 11.2 Å². The summed E-state index contributed by atoms with van der Waals surface area (Å²) in [5, 5.41) is 36.0. The molecule has 0 aliphatic rings. The summed E-state index contributed by atoms with van der Waals surface area (Å²) in [6.07, 6.45) is 0. The molecule has 0 bridgehead atoms. The molecule has 0 aromatic heterocycles. The average Bonchev–Trinajstić information content (AvgIpc) is 3.21. The molecule has 10 aromatic rings. The molecule has 0 unspecified atom stereocenters. The SMILES string of the molecule is CC(C)(O)c1cc(-c2ccc3ccc4cccc5ccc2c3c45)c(C(C)(C)O)cc1-c1ccc2c(-c3ccccc3)c3ccccc3c(-c3ccccc3)c2c1. The molecule has 0 aliphatic carbocycles. The van der Waals surface area contributed by atoms with Crippen LogP contribution in [0.4, 0.5) is 0 Å². The first kappa shape index (κ1) is 34.2. The number of aliphatic hydroxyl groups is 2. The van der Waals surface area contributed by atoms with Crippen molar-refractivity contribution in [2.75, 3.05) is 0 Å². The van der Waals surface area contributed by atoms with Gasteiger partial charge in [-0.05, 0) is 155 Å². The lowest BCUT2D eigenvalue weighted by Crippen LogP contribution is -2.21. The largest absolute Gasteiger partial charge is 0.386 e. The van der Waals surface area contributed by atoms with Gasteiger partial charge in [-0.3, -0.25) is 0 Å². The minimum absolute atomic E-state index is 0.802. The fourth-order valence-corrected chi connectivity index (χ4v) is 9.22. The van der Waals surface area contributed by atoms with Crippen molar-refractivity contribution in [1.29, 1.82) is 0 Å². The maximum atomic E-state index is 12.0. The number of hydrogen-bond donors (Lipinski definition) is 2. The third-order valence-corrected chi connectivity index (χ3v) is 11.8. The molecule has 270 valence electrons. The molecule has 0 fully saturated rings. The fraction of sp³-hybridized carbons (Fsp3) is 0.111. The van der Waals surface area contributed by atoms with Crippen LogP contribution in [0.5, 0.6) is 0 Å². The van der Waals surface area contributed by atoms with E-state index in [4.69, 9.17) is 0 Å². The van der Waals surface area contributed by atoms with Crippen LogP contribution in [0.1, 0.15) is 38.8 Å². The molecule has 0 spiro atoms. The minimum Gasteiger partial charge on any atom is -0.386 e. The van der Waals surface area contributed by atoms with Crippen LogP contribution in [-0.4, -0.2) is 10.2 Å². The number of benzene rings is 10. The van der Waals surface area contributed by atoms with E-state index in [1.54, 1.807) is 0 Å². The zero-order valence-electron chi connectivity index (χ0n) is 32.1. The summed E-state index contributed by atoms with van der Waals surface area (Å²) in [6.45, 7) is 7.45. The summed E-state index contributed by atoms with van der Waals surface area (Å²) >= 11 is 0. The monoisotopic (exact) mass is 722 g/mol. The van der Waals surface area contributed by atoms with Crippen molar-refractivity contribution in [3.63, 3.8) is 0 Å². The summed E-state index contributed by atoms with van der Waals surface area (Å²) in [5.74, 6) is 0. The third-order valence-electron chi connectivity index (χ3n) is 11.8. The van der Waals surface area contributed by atoms with Crippen molar-refractivity contribution in [1.82, 2.24) is 0 Å². The van der Waals surface area contributed by atoms with Crippen molar-refractivity contribution >= 4 is 53.9 Å². The first-order valence-corrected chi connectivity index (χ1v) is 19.5. The van der Waals surface area contributed by atoms with E-state index in [-0.39, 0.29) is 0 Å². The van der Waals surface area contributed by atoms with Crippen molar-refractivity contribution < 1.29 is 10.2 Å². The predicted octanol–water partition coefficient (Wildman–Crippen LogP) is 14.0. The maximum Gasteiger partial charge on any atom is 0.0846 e. The fourth-order valence-electron chi connectivity index (χ4n) is 9.22. The number of fused-ring (bicyclic) bond motifs is 2. The highest BCUT2D eigenvalue weighted by molar-refractivity contribution is 6.26. The molecule has 0 aliphatic heterocycles. The molecule has 0 saturated carbocycles. The molecule has 2 nitrogen and oxygen atoms in total. The van der Waals surface area contributed by atoms with E-state index in [2.05, 4.69) is 170 Å². The van der Waals surface area contributed by atoms with Crippen LogP contribution in [0, 0.1) is 0 Å². The molecule has 0 amide bonds. The summed E-state index contributed by atoms with van der Waals surface area (Å²) in [4.78, 5) is 0. The van der Waals surface area contributed by atoms with E-state index in [1.807, 2.05) is 27.7 Å². The molecular formula is C54H42O2. The first-order chi connectivity index (χ1) is 27.1. The molecule has 0 heterocycles. The molecule has 0 radical (unpaired) electrons. The van der Waals surface area contributed by atoms with Crippen molar-refractivity contribution in [3.05, 3.63) is 181 Å². The zero-order chi connectivity index (χ0) is 38.3. The summed E-state index contributed by atoms with van der Waals surface area (Å²) < 4.78 is 0. The van der Waals surface area contributed by atoms with Crippen molar-refractivity contribution in [2.45, 2.75) is 38.9 Å². The Hall–Kier alpha value is -6.32. The highest BCUT2D eigenvalue weighted by Crippen LogP contribution is 2.48. The Morgan fingerprint density at radius 3 is 1.39 bits per heavy atom. The lowest BCUT2D eigenvalue weighted by Gasteiger charge is -2.29. The van der Waals surface area contributed by atoms with E-state index in [0.717, 1.165) is 55.1 Å². The van der Waals surface area contributed by atoms with Gasteiger partial charge in [-0.2, -0.15) is 0 Å². The van der Waals surface area contributed by atoms with Crippen LogP contribution in [0.3, 0.4) is 0 Å². The smallest absolute Gasteiger partial charge is 0.0846 e. The second-order valence-corrected chi connectivity index (χ2v) is 16.3. The van der Waals surface area contributed by atoms with E-state index >= 15 is 0 Å². The maximum absolute atomic E-state index is 12.0. The van der Waals surface area contributed by atoms with Gasteiger partial charge in [0.15, 0.2) is 0 Å². The normalized spacial score (nSPS) is 12.5. The van der Waals surface area contributed by atoms with Gasteiger partial charge in [0.25, 0.3) is 0 Å². The molecule has 56 heavy (non-hydrogen) atoms. The van der Waals surface area contributed by atoms with Crippen LogP contribution >= 0.6 is 0 Å². The quantitative estimate of drug-likeness (QED) is 0.132. The van der Waals surface area contributed by atoms with E-state index in [9.17, 15) is 10.2 Å². The van der Waals surface area contributed by atoms with E-state index in [0.29, 0.717) is 0 Å². The average molecular weight is 723 g/mol. The molecule has 2 heteroatoms. The predicted molar refractivity (Wildman–Crippen MR) is 237 cm³/mol. The summed E-state index contributed by atoms with van der Waals surface area (Å²) in [5.41, 5.74) is 7.75. The molecule has 10 rings (SSSR count). The lowest BCUT2D eigenvalue weighted by molar-refractivity contribution is 0.0753. The Balaban J connectivity index is 1.29. The van der Waals surface area contributed by atoms with Crippen molar-refractivity contribution in [2.24, 2.45) is 0 Å². The second kappa shape index (κ2) is 12.6. The molecular weight excluding hydrogens is 681 g/mol. The van der Waals surface area contributed by atoms with Gasteiger partial charge in [0, 0.05) is 0 Å². The van der Waals surface area contributed by atoms with Gasteiger partial charge < -0.3 is 10.2 Å². The zero-order valence-corrected chi connectivity index (χ0v) is 32.1. The Bertz CT molecular complexity index is 3110. The molecule has 0 atom stereocenters. The van der Waals surface area contributed by atoms with Crippen LogP contribution in [0.25, 0.3) is 98.4 Å². The van der Waals surface area contributed by atoms with Crippen LogP contribution < -0.4 is 0 Å². The van der Waals surface area contributed by atoms with Crippen molar-refractivity contribution in [3.8, 4) is 44.5 Å². The number of rotatable bonds is 6. The Kier molecular flexibility index (Phi) is 7.70.